The molecule has 0 aliphatic carbocycles. The van der Waals surface area contributed by atoms with E-state index in [0.29, 0.717) is 12.8 Å². The van der Waals surface area contributed by atoms with Crippen molar-refractivity contribution in [2.24, 2.45) is 5.92 Å². The van der Waals surface area contributed by atoms with Crippen molar-refractivity contribution in [3.05, 3.63) is 0 Å². The summed E-state index contributed by atoms with van der Waals surface area (Å²) in [6.45, 7) is 4.15. The normalized spacial score (nSPS) is 16.8. The van der Waals surface area contributed by atoms with Gasteiger partial charge in [-0.25, -0.2) is 0 Å². The minimum Gasteiger partial charge on any atom is -0.386 e. The van der Waals surface area contributed by atoms with Gasteiger partial charge in [0, 0.05) is 6.92 Å². The molecule has 0 saturated heterocycles. The van der Waals surface area contributed by atoms with Crippen LogP contribution in [0.1, 0.15) is 33.6 Å². The first-order valence-electron chi connectivity index (χ1n) is 4.41. The Morgan fingerprint density at radius 2 is 2.00 bits per heavy atom. The topological polar surface area (TPSA) is 37.3 Å². The molecule has 0 rings (SSSR count). The van der Waals surface area contributed by atoms with E-state index in [2.05, 4.69) is 0 Å². The highest BCUT2D eigenvalue weighted by atomic mass is 19.3. The molecular formula is C9H16F2O2. The van der Waals surface area contributed by atoms with Crippen molar-refractivity contribution < 1.29 is 18.7 Å². The van der Waals surface area contributed by atoms with Crippen molar-refractivity contribution >= 4 is 5.78 Å². The molecule has 0 saturated carbocycles. The summed E-state index contributed by atoms with van der Waals surface area (Å²) in [5.74, 6) is -5.43. The molecular weight excluding hydrogens is 178 g/mol. The monoisotopic (exact) mass is 194 g/mol. The van der Waals surface area contributed by atoms with E-state index in [1.54, 1.807) is 0 Å². The lowest BCUT2D eigenvalue weighted by Crippen LogP contribution is -2.43. The van der Waals surface area contributed by atoms with Crippen LogP contribution in [0.2, 0.25) is 0 Å². The molecule has 4 heteroatoms. The molecule has 13 heavy (non-hydrogen) atoms. The standard InChI is InChI=1S/C9H16F2O2/c1-4-5-6(2)8(13)9(10,11)7(3)12/h6,8,13H,4-5H2,1-3H3/t6-,8?/m0/s1. The first kappa shape index (κ1) is 12.5. The third-order valence-electron chi connectivity index (χ3n) is 2.12. The summed E-state index contributed by atoms with van der Waals surface area (Å²) in [5.41, 5.74) is 0. The molecule has 78 valence electrons. The molecule has 0 heterocycles. The van der Waals surface area contributed by atoms with Crippen LogP contribution in [0.4, 0.5) is 8.78 Å². The summed E-state index contributed by atoms with van der Waals surface area (Å²) in [6.07, 6.45) is -0.652. The van der Waals surface area contributed by atoms with Crippen molar-refractivity contribution in [3.63, 3.8) is 0 Å². The van der Waals surface area contributed by atoms with Gasteiger partial charge in [-0.1, -0.05) is 20.3 Å². The molecule has 0 aliphatic heterocycles. The van der Waals surface area contributed by atoms with E-state index in [1.807, 2.05) is 6.92 Å². The molecule has 0 spiro atoms. The maximum Gasteiger partial charge on any atom is 0.330 e. The van der Waals surface area contributed by atoms with Crippen molar-refractivity contribution in [3.8, 4) is 0 Å². The number of hydrogen-bond donors (Lipinski definition) is 1. The molecule has 0 aromatic heterocycles. The number of rotatable bonds is 5. The van der Waals surface area contributed by atoms with Gasteiger partial charge in [0.1, 0.15) is 6.10 Å². The average molecular weight is 194 g/mol. The summed E-state index contributed by atoms with van der Waals surface area (Å²) in [5, 5.41) is 9.18. The molecule has 0 bridgehead atoms. The number of carbonyl (C=O) groups excluding carboxylic acids is 1. The lowest BCUT2D eigenvalue weighted by Gasteiger charge is -2.24. The van der Waals surface area contributed by atoms with Crippen LogP contribution in [0.3, 0.4) is 0 Å². The van der Waals surface area contributed by atoms with Crippen molar-refractivity contribution in [2.45, 2.75) is 45.6 Å². The molecule has 1 unspecified atom stereocenters. The first-order chi connectivity index (χ1) is 5.84. The van der Waals surface area contributed by atoms with Crippen LogP contribution in [0.15, 0.2) is 0 Å². The van der Waals surface area contributed by atoms with Crippen LogP contribution < -0.4 is 0 Å². The highest BCUT2D eigenvalue weighted by molar-refractivity contribution is 5.83. The van der Waals surface area contributed by atoms with Gasteiger partial charge in [0.2, 0.25) is 5.78 Å². The lowest BCUT2D eigenvalue weighted by molar-refractivity contribution is -0.164. The van der Waals surface area contributed by atoms with E-state index in [1.165, 1.54) is 6.92 Å². The maximum atomic E-state index is 12.9. The average Bonchev–Trinajstić information content (AvgIpc) is 2.03. The van der Waals surface area contributed by atoms with Crippen molar-refractivity contribution in [1.82, 2.24) is 0 Å². The number of aliphatic hydroxyl groups excluding tert-OH is 1. The second-order valence-corrected chi connectivity index (χ2v) is 3.39. The minimum absolute atomic E-state index is 0.490. The molecule has 2 nitrogen and oxygen atoms in total. The molecule has 0 amide bonds. The smallest absolute Gasteiger partial charge is 0.330 e. The second-order valence-electron chi connectivity index (χ2n) is 3.39. The third-order valence-corrected chi connectivity index (χ3v) is 2.12. The summed E-state index contributed by atoms with van der Waals surface area (Å²) in [6, 6.07) is 0. The van der Waals surface area contributed by atoms with Gasteiger partial charge >= 0.3 is 5.92 Å². The van der Waals surface area contributed by atoms with Crippen LogP contribution in [-0.2, 0) is 4.79 Å². The Morgan fingerprint density at radius 3 is 2.31 bits per heavy atom. The zero-order valence-electron chi connectivity index (χ0n) is 8.18. The van der Waals surface area contributed by atoms with Crippen LogP contribution in [0.25, 0.3) is 0 Å². The number of ketones is 1. The number of alkyl halides is 2. The van der Waals surface area contributed by atoms with Gasteiger partial charge < -0.3 is 5.11 Å². The number of Topliss-reactive ketones (excluding diaryl/α,β-unsaturated/α-hetero) is 1. The van der Waals surface area contributed by atoms with Gasteiger partial charge in [-0.05, 0) is 12.3 Å². The Hall–Kier alpha value is -0.510. The van der Waals surface area contributed by atoms with Crippen LogP contribution in [-0.4, -0.2) is 22.9 Å². The third kappa shape index (κ3) is 3.03. The van der Waals surface area contributed by atoms with Gasteiger partial charge in [-0.2, -0.15) is 8.78 Å². The molecule has 0 radical (unpaired) electrons. The van der Waals surface area contributed by atoms with Crippen LogP contribution in [0, 0.1) is 5.92 Å². The Morgan fingerprint density at radius 1 is 1.54 bits per heavy atom. The van der Waals surface area contributed by atoms with Crippen molar-refractivity contribution in [1.29, 1.82) is 0 Å². The van der Waals surface area contributed by atoms with E-state index in [0.717, 1.165) is 6.92 Å². The Kier molecular flexibility index (Phi) is 4.47. The number of halogens is 2. The van der Waals surface area contributed by atoms with Crippen molar-refractivity contribution in [2.75, 3.05) is 0 Å². The Labute approximate surface area is 76.9 Å². The molecule has 0 fully saturated rings. The summed E-state index contributed by atoms with van der Waals surface area (Å²) in [4.78, 5) is 10.5. The summed E-state index contributed by atoms with van der Waals surface area (Å²) in [7, 11) is 0. The SMILES string of the molecule is CCC[C@H](C)C(O)C(F)(F)C(C)=O. The molecule has 0 aromatic rings. The van der Waals surface area contributed by atoms with Crippen LogP contribution in [0.5, 0.6) is 0 Å². The first-order valence-corrected chi connectivity index (χ1v) is 4.41. The predicted molar refractivity (Wildman–Crippen MR) is 45.7 cm³/mol. The second kappa shape index (κ2) is 4.65. The fraction of sp³-hybridized carbons (Fsp3) is 0.889. The van der Waals surface area contributed by atoms with Crippen LogP contribution >= 0.6 is 0 Å². The van der Waals surface area contributed by atoms with E-state index >= 15 is 0 Å². The Bertz CT molecular complexity index is 180. The van der Waals surface area contributed by atoms with Gasteiger partial charge in [0.05, 0.1) is 0 Å². The van der Waals surface area contributed by atoms with Gasteiger partial charge in [0.25, 0.3) is 0 Å². The molecule has 1 N–H and O–H groups in total. The Balaban J connectivity index is 4.39. The van der Waals surface area contributed by atoms with E-state index in [4.69, 9.17) is 0 Å². The highest BCUT2D eigenvalue weighted by Crippen LogP contribution is 2.27. The minimum atomic E-state index is -3.60. The molecule has 2 atom stereocenters. The highest BCUT2D eigenvalue weighted by Gasteiger charge is 2.45. The lowest BCUT2D eigenvalue weighted by atomic mass is 9.93. The summed E-state index contributed by atoms with van der Waals surface area (Å²) < 4.78 is 25.8. The zero-order chi connectivity index (χ0) is 10.6. The van der Waals surface area contributed by atoms with Gasteiger partial charge in [-0.15, -0.1) is 0 Å². The van der Waals surface area contributed by atoms with E-state index in [9.17, 15) is 18.7 Å². The van der Waals surface area contributed by atoms with E-state index in [-0.39, 0.29) is 0 Å². The molecule has 0 aromatic carbocycles. The van der Waals surface area contributed by atoms with Gasteiger partial charge in [0.15, 0.2) is 0 Å². The zero-order valence-corrected chi connectivity index (χ0v) is 8.18. The quantitative estimate of drug-likeness (QED) is 0.726. The number of aliphatic hydroxyl groups is 1. The summed E-state index contributed by atoms with van der Waals surface area (Å²) >= 11 is 0. The fourth-order valence-corrected chi connectivity index (χ4v) is 1.18. The largest absolute Gasteiger partial charge is 0.386 e. The molecule has 0 aliphatic rings. The maximum absolute atomic E-state index is 12.9. The fourth-order valence-electron chi connectivity index (χ4n) is 1.18. The van der Waals surface area contributed by atoms with E-state index < -0.39 is 23.7 Å². The predicted octanol–water partition coefficient (Wildman–Crippen LogP) is 2.01. The number of hydrogen-bond acceptors (Lipinski definition) is 2. The van der Waals surface area contributed by atoms with Gasteiger partial charge in [-0.3, -0.25) is 4.79 Å². The number of carbonyl (C=O) groups is 1.